The van der Waals surface area contributed by atoms with Crippen LogP contribution in [0.2, 0.25) is 0 Å². The zero-order valence-electron chi connectivity index (χ0n) is 7.25. The number of rotatable bonds is 3. The summed E-state index contributed by atoms with van der Waals surface area (Å²) >= 11 is 2.82. The number of halogens is 3. The zero-order chi connectivity index (χ0) is 11.6. The Morgan fingerprint density at radius 1 is 1.60 bits per heavy atom. The molecule has 0 aliphatic rings. The second-order valence-corrected chi connectivity index (χ2v) is 3.45. The van der Waals surface area contributed by atoms with Gasteiger partial charge in [0.25, 0.3) is 6.43 Å². The topological polar surface area (TPSA) is 70.4 Å². The second kappa shape index (κ2) is 4.52. The maximum Gasteiger partial charge on any atom is 0.307 e. The lowest BCUT2D eigenvalue weighted by atomic mass is 10.1. The highest BCUT2D eigenvalue weighted by Crippen LogP contribution is 2.33. The lowest BCUT2D eigenvalue weighted by Gasteiger charge is -2.09. The molecule has 1 rings (SSSR count). The molecule has 0 aliphatic carbocycles. The zero-order valence-corrected chi connectivity index (χ0v) is 8.83. The van der Waals surface area contributed by atoms with Crippen LogP contribution in [0.4, 0.5) is 8.78 Å². The van der Waals surface area contributed by atoms with Crippen LogP contribution in [0, 0.1) is 0 Å². The van der Waals surface area contributed by atoms with E-state index in [4.69, 9.17) is 5.11 Å². The van der Waals surface area contributed by atoms with E-state index in [0.29, 0.717) is 0 Å². The van der Waals surface area contributed by atoms with Crippen LogP contribution in [-0.2, 0) is 11.2 Å². The number of nitrogens with zero attached hydrogens (tertiary/aromatic N) is 1. The number of hydrogen-bond acceptors (Lipinski definition) is 3. The van der Waals surface area contributed by atoms with Crippen LogP contribution in [-0.4, -0.2) is 21.2 Å². The summed E-state index contributed by atoms with van der Waals surface area (Å²) in [6.07, 6.45) is -2.70. The molecular formula is C8H6BrF2NO3. The fraction of sp³-hybridized carbons (Fsp3) is 0.250. The lowest BCUT2D eigenvalue weighted by Crippen LogP contribution is -2.05. The van der Waals surface area contributed by atoms with E-state index >= 15 is 0 Å². The first-order valence-corrected chi connectivity index (χ1v) is 4.59. The van der Waals surface area contributed by atoms with Crippen molar-refractivity contribution in [3.8, 4) is 5.75 Å². The highest BCUT2D eigenvalue weighted by molar-refractivity contribution is 9.10. The molecule has 0 unspecified atom stereocenters. The van der Waals surface area contributed by atoms with Crippen molar-refractivity contribution in [3.05, 3.63) is 21.9 Å². The average molecular weight is 282 g/mol. The molecular weight excluding hydrogens is 276 g/mol. The molecule has 0 amide bonds. The Morgan fingerprint density at radius 2 is 2.20 bits per heavy atom. The first-order chi connectivity index (χ1) is 6.93. The van der Waals surface area contributed by atoms with E-state index in [9.17, 15) is 18.7 Å². The van der Waals surface area contributed by atoms with Gasteiger partial charge in [-0.3, -0.25) is 4.79 Å². The van der Waals surface area contributed by atoms with Crippen LogP contribution in [0.15, 0.2) is 10.8 Å². The number of hydrogen-bond donors (Lipinski definition) is 2. The van der Waals surface area contributed by atoms with Crippen LogP contribution < -0.4 is 0 Å². The van der Waals surface area contributed by atoms with Crippen LogP contribution in [0.1, 0.15) is 17.6 Å². The predicted molar refractivity (Wildman–Crippen MR) is 49.9 cm³/mol. The van der Waals surface area contributed by atoms with Crippen molar-refractivity contribution < 1.29 is 23.8 Å². The first-order valence-electron chi connectivity index (χ1n) is 3.79. The van der Waals surface area contributed by atoms with Crippen molar-refractivity contribution in [2.75, 3.05) is 0 Å². The number of aromatic hydroxyl groups is 1. The number of alkyl halides is 2. The molecule has 0 radical (unpaired) electrons. The molecule has 0 saturated carbocycles. The molecule has 0 fully saturated rings. The van der Waals surface area contributed by atoms with Crippen LogP contribution >= 0.6 is 15.9 Å². The molecule has 2 N–H and O–H groups in total. The first kappa shape index (κ1) is 11.8. The van der Waals surface area contributed by atoms with Crippen LogP contribution in [0.25, 0.3) is 0 Å². The molecule has 7 heteroatoms. The number of pyridine rings is 1. The standard InChI is InChI=1S/C8H6BrF2NO3/c9-7-6(15)3(1-5(13)14)4(2-12-7)8(10)11/h2,8,15H,1H2,(H,13,14). The van der Waals surface area contributed by atoms with Crippen molar-refractivity contribution >= 4 is 21.9 Å². The monoisotopic (exact) mass is 281 g/mol. The molecule has 1 heterocycles. The summed E-state index contributed by atoms with van der Waals surface area (Å²) in [7, 11) is 0. The summed E-state index contributed by atoms with van der Waals surface area (Å²) in [4.78, 5) is 13.9. The minimum absolute atomic E-state index is 0.0526. The van der Waals surface area contributed by atoms with E-state index in [1.165, 1.54) is 0 Å². The molecule has 0 aromatic carbocycles. The van der Waals surface area contributed by atoms with Gasteiger partial charge in [-0.05, 0) is 15.9 Å². The smallest absolute Gasteiger partial charge is 0.307 e. The molecule has 1 aromatic rings. The summed E-state index contributed by atoms with van der Waals surface area (Å²) in [6.45, 7) is 0. The molecule has 0 atom stereocenters. The minimum atomic E-state index is -2.87. The Hall–Kier alpha value is -1.24. The largest absolute Gasteiger partial charge is 0.505 e. The Balaban J connectivity index is 3.28. The Labute approximate surface area is 91.7 Å². The number of carboxylic acid groups (broad SMARTS) is 1. The molecule has 0 bridgehead atoms. The van der Waals surface area contributed by atoms with Gasteiger partial charge in [0.1, 0.15) is 4.60 Å². The van der Waals surface area contributed by atoms with E-state index in [1.807, 2.05) is 0 Å². The molecule has 0 saturated heterocycles. The van der Waals surface area contributed by atoms with E-state index in [-0.39, 0.29) is 10.2 Å². The highest BCUT2D eigenvalue weighted by Gasteiger charge is 2.21. The van der Waals surface area contributed by atoms with Gasteiger partial charge in [0.15, 0.2) is 5.75 Å². The minimum Gasteiger partial charge on any atom is -0.505 e. The Morgan fingerprint density at radius 3 is 2.67 bits per heavy atom. The van der Waals surface area contributed by atoms with Crippen LogP contribution in [0.5, 0.6) is 5.75 Å². The highest BCUT2D eigenvalue weighted by atomic mass is 79.9. The summed E-state index contributed by atoms with van der Waals surface area (Å²) < 4.78 is 24.8. The number of carbonyl (C=O) groups is 1. The molecule has 0 spiro atoms. The van der Waals surface area contributed by atoms with Gasteiger partial charge in [-0.15, -0.1) is 0 Å². The summed E-state index contributed by atoms with van der Waals surface area (Å²) in [6, 6.07) is 0. The third kappa shape index (κ3) is 2.62. The average Bonchev–Trinajstić information content (AvgIpc) is 2.12. The van der Waals surface area contributed by atoms with Gasteiger partial charge in [-0.25, -0.2) is 13.8 Å². The van der Waals surface area contributed by atoms with Crippen molar-refractivity contribution in [1.29, 1.82) is 0 Å². The van der Waals surface area contributed by atoms with E-state index in [1.54, 1.807) is 0 Å². The summed E-state index contributed by atoms with van der Waals surface area (Å²) in [5, 5.41) is 17.9. The Bertz CT molecular complexity index is 398. The normalized spacial score (nSPS) is 10.7. The van der Waals surface area contributed by atoms with Gasteiger partial charge >= 0.3 is 5.97 Å². The quantitative estimate of drug-likeness (QED) is 0.833. The van der Waals surface area contributed by atoms with Gasteiger partial charge in [-0.1, -0.05) is 0 Å². The molecule has 15 heavy (non-hydrogen) atoms. The molecule has 4 nitrogen and oxygen atoms in total. The van der Waals surface area contributed by atoms with Gasteiger partial charge < -0.3 is 10.2 Å². The lowest BCUT2D eigenvalue weighted by molar-refractivity contribution is -0.136. The number of carboxylic acids is 1. The SMILES string of the molecule is O=C(O)Cc1c(C(F)F)cnc(Br)c1O. The third-order valence-corrected chi connectivity index (χ3v) is 2.29. The third-order valence-electron chi connectivity index (χ3n) is 1.71. The number of aromatic nitrogens is 1. The van der Waals surface area contributed by atoms with E-state index in [2.05, 4.69) is 20.9 Å². The fourth-order valence-corrected chi connectivity index (χ4v) is 1.39. The maximum atomic E-state index is 12.4. The predicted octanol–water partition coefficient (Wildman–Crippen LogP) is 2.11. The van der Waals surface area contributed by atoms with Crippen molar-refractivity contribution in [2.24, 2.45) is 0 Å². The van der Waals surface area contributed by atoms with Gasteiger partial charge in [0.05, 0.1) is 6.42 Å². The van der Waals surface area contributed by atoms with Crippen molar-refractivity contribution in [2.45, 2.75) is 12.8 Å². The summed E-state index contributed by atoms with van der Waals surface area (Å²) in [5.41, 5.74) is -0.891. The van der Waals surface area contributed by atoms with Gasteiger partial charge in [0.2, 0.25) is 0 Å². The second-order valence-electron chi connectivity index (χ2n) is 2.70. The molecule has 82 valence electrons. The fourth-order valence-electron chi connectivity index (χ4n) is 1.05. The molecule has 0 aliphatic heterocycles. The van der Waals surface area contributed by atoms with Gasteiger partial charge in [0, 0.05) is 17.3 Å². The van der Waals surface area contributed by atoms with Crippen molar-refractivity contribution in [3.63, 3.8) is 0 Å². The number of aliphatic carboxylic acids is 1. The molecule has 1 aromatic heterocycles. The van der Waals surface area contributed by atoms with Gasteiger partial charge in [-0.2, -0.15) is 0 Å². The Kier molecular flexibility index (Phi) is 3.57. The van der Waals surface area contributed by atoms with Crippen LogP contribution in [0.3, 0.4) is 0 Å². The maximum absolute atomic E-state index is 12.4. The van der Waals surface area contributed by atoms with E-state index < -0.39 is 30.1 Å². The van der Waals surface area contributed by atoms with Crippen molar-refractivity contribution in [1.82, 2.24) is 4.98 Å². The summed E-state index contributed by atoms with van der Waals surface area (Å²) in [5.74, 6) is -1.86. The van der Waals surface area contributed by atoms with E-state index in [0.717, 1.165) is 6.20 Å².